The first-order chi connectivity index (χ1) is 13.0. The Morgan fingerprint density at radius 2 is 2.11 bits per heavy atom. The molecule has 0 bridgehead atoms. The standard InChI is InChI=1S/C18H20N6O3/c1-12-13(2)22-11-24(18(12)26)10-16(25)23-7-3-4-14(9-23)27-17-15(8-19)20-5-6-21-17/h5-6,11,14H,3-4,7,9-10H2,1-2H3/t14-/m1/s1. The molecule has 1 fully saturated rings. The Labute approximate surface area is 156 Å². The van der Waals surface area contributed by atoms with Gasteiger partial charge in [0.2, 0.25) is 11.6 Å². The number of carbonyl (C=O) groups is 1. The molecule has 1 amide bonds. The molecule has 9 heteroatoms. The van der Waals surface area contributed by atoms with Crippen LogP contribution < -0.4 is 10.3 Å². The van der Waals surface area contributed by atoms with Gasteiger partial charge in [0.15, 0.2) is 0 Å². The number of nitrogens with zero attached hydrogens (tertiary/aromatic N) is 6. The second kappa shape index (κ2) is 7.95. The average Bonchev–Trinajstić information content (AvgIpc) is 2.69. The molecule has 0 aliphatic carbocycles. The molecule has 1 aliphatic heterocycles. The molecule has 1 saturated heterocycles. The number of aromatic nitrogens is 4. The molecule has 0 radical (unpaired) electrons. The molecule has 0 aromatic carbocycles. The highest BCUT2D eigenvalue weighted by molar-refractivity contribution is 5.76. The van der Waals surface area contributed by atoms with Crippen molar-refractivity contribution >= 4 is 5.91 Å². The molecule has 1 aliphatic rings. The fourth-order valence-electron chi connectivity index (χ4n) is 2.94. The van der Waals surface area contributed by atoms with E-state index in [1.807, 2.05) is 6.07 Å². The molecule has 1 atom stereocenters. The van der Waals surface area contributed by atoms with Gasteiger partial charge in [0.25, 0.3) is 11.4 Å². The number of piperidine rings is 1. The van der Waals surface area contributed by atoms with Crippen LogP contribution in [0.2, 0.25) is 0 Å². The summed E-state index contributed by atoms with van der Waals surface area (Å²) in [5.74, 6) is 0.00369. The van der Waals surface area contributed by atoms with E-state index in [0.717, 1.165) is 12.8 Å². The third-order valence-corrected chi connectivity index (χ3v) is 4.60. The molecular formula is C18H20N6O3. The van der Waals surface area contributed by atoms with Gasteiger partial charge in [0.05, 0.1) is 12.9 Å². The van der Waals surface area contributed by atoms with Crippen LogP contribution in [0.5, 0.6) is 5.88 Å². The van der Waals surface area contributed by atoms with Crippen LogP contribution in [0, 0.1) is 25.2 Å². The molecule has 0 unspecified atom stereocenters. The van der Waals surface area contributed by atoms with Crippen molar-refractivity contribution in [1.82, 2.24) is 24.4 Å². The Morgan fingerprint density at radius 3 is 2.89 bits per heavy atom. The second-order valence-electron chi connectivity index (χ2n) is 6.43. The molecule has 9 nitrogen and oxygen atoms in total. The maximum absolute atomic E-state index is 12.6. The number of nitriles is 1. The number of hydrogen-bond donors (Lipinski definition) is 0. The highest BCUT2D eigenvalue weighted by Crippen LogP contribution is 2.18. The van der Waals surface area contributed by atoms with Gasteiger partial charge < -0.3 is 9.64 Å². The van der Waals surface area contributed by atoms with E-state index < -0.39 is 0 Å². The number of likely N-dealkylation sites (tertiary alicyclic amines) is 1. The molecule has 0 N–H and O–H groups in total. The van der Waals surface area contributed by atoms with Gasteiger partial charge in [0.1, 0.15) is 18.7 Å². The first-order valence-electron chi connectivity index (χ1n) is 8.67. The third-order valence-electron chi connectivity index (χ3n) is 4.60. The minimum atomic E-state index is -0.277. The molecule has 2 aromatic rings. The molecule has 27 heavy (non-hydrogen) atoms. The van der Waals surface area contributed by atoms with Gasteiger partial charge in [-0.05, 0) is 26.7 Å². The Hall–Kier alpha value is -3.28. The van der Waals surface area contributed by atoms with Gasteiger partial charge in [-0.1, -0.05) is 0 Å². The quantitative estimate of drug-likeness (QED) is 0.776. The van der Waals surface area contributed by atoms with Crippen molar-refractivity contribution in [2.45, 2.75) is 39.3 Å². The number of hydrogen-bond acceptors (Lipinski definition) is 7. The lowest BCUT2D eigenvalue weighted by Gasteiger charge is -2.32. The van der Waals surface area contributed by atoms with E-state index in [1.165, 1.54) is 23.3 Å². The lowest BCUT2D eigenvalue weighted by atomic mass is 10.1. The van der Waals surface area contributed by atoms with E-state index >= 15 is 0 Å². The van der Waals surface area contributed by atoms with Crippen LogP contribution in [0.15, 0.2) is 23.5 Å². The Kier molecular flexibility index (Phi) is 5.45. The summed E-state index contributed by atoms with van der Waals surface area (Å²) in [4.78, 5) is 38.7. The molecule has 2 aromatic heterocycles. The van der Waals surface area contributed by atoms with Crippen molar-refractivity contribution in [2.75, 3.05) is 13.1 Å². The maximum atomic E-state index is 12.6. The monoisotopic (exact) mass is 368 g/mol. The predicted molar refractivity (Wildman–Crippen MR) is 94.9 cm³/mol. The summed E-state index contributed by atoms with van der Waals surface area (Å²) in [6, 6.07) is 1.94. The van der Waals surface area contributed by atoms with Crippen molar-refractivity contribution in [2.24, 2.45) is 0 Å². The first kappa shape index (κ1) is 18.5. The van der Waals surface area contributed by atoms with E-state index in [-0.39, 0.29) is 35.7 Å². The van der Waals surface area contributed by atoms with Crippen LogP contribution in [-0.4, -0.2) is 49.5 Å². The Balaban J connectivity index is 1.67. The summed E-state index contributed by atoms with van der Waals surface area (Å²) in [5, 5.41) is 9.08. The van der Waals surface area contributed by atoms with Crippen molar-refractivity contribution in [3.63, 3.8) is 0 Å². The van der Waals surface area contributed by atoms with Crippen molar-refractivity contribution in [1.29, 1.82) is 5.26 Å². The van der Waals surface area contributed by atoms with Gasteiger partial charge in [-0.3, -0.25) is 14.2 Å². The van der Waals surface area contributed by atoms with E-state index in [4.69, 9.17) is 10.00 Å². The largest absolute Gasteiger partial charge is 0.470 e. The minimum absolute atomic E-state index is 0.0612. The van der Waals surface area contributed by atoms with E-state index in [9.17, 15) is 9.59 Å². The van der Waals surface area contributed by atoms with Crippen LogP contribution in [0.3, 0.4) is 0 Å². The number of carbonyl (C=O) groups excluding carboxylic acids is 1. The third kappa shape index (κ3) is 4.11. The minimum Gasteiger partial charge on any atom is -0.470 e. The maximum Gasteiger partial charge on any atom is 0.256 e. The molecule has 0 spiro atoms. The zero-order chi connectivity index (χ0) is 19.4. The van der Waals surface area contributed by atoms with Gasteiger partial charge >= 0.3 is 0 Å². The number of rotatable bonds is 4. The summed E-state index contributed by atoms with van der Waals surface area (Å²) in [7, 11) is 0. The lowest BCUT2D eigenvalue weighted by molar-refractivity contribution is -0.134. The fraction of sp³-hybridized carbons (Fsp3) is 0.444. The number of amides is 1. The smallest absolute Gasteiger partial charge is 0.256 e. The van der Waals surface area contributed by atoms with Crippen molar-refractivity contribution in [3.8, 4) is 11.9 Å². The lowest BCUT2D eigenvalue weighted by Crippen LogP contribution is -2.46. The van der Waals surface area contributed by atoms with Gasteiger partial charge in [-0.2, -0.15) is 5.26 Å². The molecule has 0 saturated carbocycles. The van der Waals surface area contributed by atoms with Gasteiger partial charge in [-0.15, -0.1) is 0 Å². The highest BCUT2D eigenvalue weighted by atomic mass is 16.5. The van der Waals surface area contributed by atoms with Gasteiger partial charge in [-0.25, -0.2) is 15.0 Å². The molecule has 3 heterocycles. The summed E-state index contributed by atoms with van der Waals surface area (Å²) >= 11 is 0. The fourth-order valence-corrected chi connectivity index (χ4v) is 2.94. The van der Waals surface area contributed by atoms with Crippen LogP contribution >= 0.6 is 0 Å². The average molecular weight is 368 g/mol. The molecule has 140 valence electrons. The zero-order valence-corrected chi connectivity index (χ0v) is 15.3. The Bertz CT molecular complexity index is 949. The van der Waals surface area contributed by atoms with Crippen LogP contribution in [0.1, 0.15) is 29.8 Å². The molecular weight excluding hydrogens is 348 g/mol. The van der Waals surface area contributed by atoms with Crippen molar-refractivity contribution in [3.05, 3.63) is 46.0 Å². The van der Waals surface area contributed by atoms with E-state index in [1.54, 1.807) is 18.7 Å². The highest BCUT2D eigenvalue weighted by Gasteiger charge is 2.26. The van der Waals surface area contributed by atoms with Crippen molar-refractivity contribution < 1.29 is 9.53 Å². The SMILES string of the molecule is Cc1ncn(CC(=O)N2CCC[C@@H](Oc3nccnc3C#N)C2)c(=O)c1C. The van der Waals surface area contributed by atoms with Gasteiger partial charge in [0, 0.05) is 30.2 Å². The van der Waals surface area contributed by atoms with E-state index in [2.05, 4.69) is 15.0 Å². The number of aryl methyl sites for hydroxylation is 1. The normalized spacial score (nSPS) is 16.6. The molecule has 3 rings (SSSR count). The Morgan fingerprint density at radius 1 is 1.33 bits per heavy atom. The summed E-state index contributed by atoms with van der Waals surface area (Å²) < 4.78 is 7.12. The van der Waals surface area contributed by atoms with Crippen LogP contribution in [-0.2, 0) is 11.3 Å². The topological polar surface area (TPSA) is 114 Å². The van der Waals surface area contributed by atoms with Crippen LogP contribution in [0.25, 0.3) is 0 Å². The second-order valence-corrected chi connectivity index (χ2v) is 6.43. The summed E-state index contributed by atoms with van der Waals surface area (Å²) in [6.45, 7) is 4.36. The summed E-state index contributed by atoms with van der Waals surface area (Å²) in [5.41, 5.74) is 1.11. The first-order valence-corrected chi connectivity index (χ1v) is 8.67. The predicted octanol–water partition coefficient (Wildman–Crippen LogP) is 0.592. The van der Waals surface area contributed by atoms with E-state index in [0.29, 0.717) is 24.3 Å². The van der Waals surface area contributed by atoms with Crippen LogP contribution in [0.4, 0.5) is 0 Å². The number of ether oxygens (including phenoxy) is 1. The summed E-state index contributed by atoms with van der Waals surface area (Å²) in [6.07, 6.45) is 5.52. The zero-order valence-electron chi connectivity index (χ0n) is 15.3.